The van der Waals surface area contributed by atoms with Crippen LogP contribution in [0.5, 0.6) is 0 Å². The first-order valence-corrected chi connectivity index (χ1v) is 28.8. The van der Waals surface area contributed by atoms with Crippen molar-refractivity contribution in [2.45, 2.75) is 96.4 Å². The Labute approximate surface area is 514 Å². The Morgan fingerprint density at radius 2 is 0.978 bits per heavy atom. The third-order valence-corrected chi connectivity index (χ3v) is 15.9. The van der Waals surface area contributed by atoms with Crippen LogP contribution in [0.15, 0.2) is 60.7 Å². The van der Waals surface area contributed by atoms with E-state index in [0.717, 1.165) is 68.4 Å². The first kappa shape index (κ1) is 64.2. The van der Waals surface area contributed by atoms with Crippen LogP contribution >= 0.6 is 11.6 Å². The average molecular weight is 1280 g/mol. The molecule has 9 heterocycles. The first-order valence-electron chi connectivity index (χ1n) is 28.5. The van der Waals surface area contributed by atoms with Crippen LogP contribution in [0.2, 0.25) is 5.02 Å². The monoisotopic (exact) mass is 1280 g/mol. The molecule has 6 aromatic rings. The summed E-state index contributed by atoms with van der Waals surface area (Å²) in [6.45, 7) is 3.43. The molecule has 27 nitrogen and oxygen atoms in total. The van der Waals surface area contributed by atoms with Gasteiger partial charge in [0.05, 0.1) is 87.4 Å². The molecule has 6 aliphatic heterocycles. The van der Waals surface area contributed by atoms with Crippen LogP contribution in [-0.4, -0.2) is 189 Å². The van der Waals surface area contributed by atoms with Gasteiger partial charge in [-0.15, -0.1) is 0 Å². The van der Waals surface area contributed by atoms with Crippen molar-refractivity contribution in [3.63, 3.8) is 0 Å². The van der Waals surface area contributed by atoms with Crippen LogP contribution in [0, 0.1) is 11.6 Å². The number of aliphatic hydroxyl groups is 3. The van der Waals surface area contributed by atoms with Gasteiger partial charge >= 0.3 is 24.3 Å². The number of hydrogen-bond donors (Lipinski definition) is 6. The van der Waals surface area contributed by atoms with Crippen molar-refractivity contribution >= 4 is 64.5 Å². The Bertz CT molecular complexity index is 3750. The number of carbonyl (C=O) groups excluding carboxylic acids is 6. The number of aromatic nitrogens is 6. The van der Waals surface area contributed by atoms with Gasteiger partial charge in [-0.1, -0.05) is 36.7 Å². The highest BCUT2D eigenvalue weighted by molar-refractivity contribution is 6.31. The predicted octanol–water partition coefficient (Wildman–Crippen LogP) is 5.07. The molecule has 0 aliphatic carbocycles. The van der Waals surface area contributed by atoms with Gasteiger partial charge in [0.1, 0.15) is 46.2 Å². The molecule has 3 aromatic carbocycles. The molecule has 12 rings (SSSR count). The van der Waals surface area contributed by atoms with Crippen molar-refractivity contribution < 1.29 is 80.6 Å². The molecule has 0 saturated heterocycles. The molecule has 6 N–H and O–H groups in total. The van der Waals surface area contributed by atoms with Gasteiger partial charge in [0.15, 0.2) is 5.82 Å². The lowest BCUT2D eigenvalue weighted by atomic mass is 10.1. The summed E-state index contributed by atoms with van der Waals surface area (Å²) in [7, 11) is 4.39. The van der Waals surface area contributed by atoms with E-state index in [1.165, 1.54) is 52.4 Å². The number of anilines is 3. The van der Waals surface area contributed by atoms with E-state index in [-0.39, 0.29) is 100 Å². The molecule has 480 valence electrons. The zero-order chi connectivity index (χ0) is 64.5. The maximum Gasteiger partial charge on any atom is 0.416 e. The SMILES string of the molecule is CCc1cccc(NC(=O)N2CCc3nn4c(c3C2)C(=O)N(C)OC(CO)C4)c1.CN1OC(CO)Cn2nc3c(c2C1=O)CN(C(=O)Nc1ccc(F)c(Cl)c1F)CC3.CN1OC(CO)Cn2nc3c(c2C1=O)CN(C(=O)Nc1cccc(C(F)(F)F)c1)CC3. The van der Waals surface area contributed by atoms with Gasteiger partial charge in [-0.3, -0.25) is 42.9 Å². The Balaban J connectivity index is 0.000000149. The molecule has 90 heavy (non-hydrogen) atoms. The lowest BCUT2D eigenvalue weighted by Gasteiger charge is -2.27. The standard InChI is InChI=1S/C20H25N5O4.C19H20F3N5O4.C18H18ClF2N5O4/c1-3-13-5-4-6-14(9-13)21-20(28)24-8-7-17-16(11-24)18-19(27)23(2)29-15(12-26)10-25(18)22-17;1-25-17(29)16-14-9-26(6-5-15(14)24-27(16)8-13(10-28)31-25)18(30)23-12-4-2-3-11(7-12)19(20,21)22;1-24-17(28)16-10-7-25(5-4-12(10)23-26(16)6-9(8-27)30-24)18(29)22-13-3-2-11(20)14(19)15(13)21/h4-6,9,15,26H,3,7-8,10-12H2,1-2H3,(H,21,28);2-4,7,13,28H,5-6,8-10H2,1H3,(H,23,30);2-3,9,27H,4-8H2,1H3,(H,22,29). The molecule has 3 unspecified atom stereocenters. The van der Waals surface area contributed by atoms with Gasteiger partial charge in [-0.05, 0) is 54.4 Å². The highest BCUT2D eigenvalue weighted by Crippen LogP contribution is 2.34. The second kappa shape index (κ2) is 26.7. The smallest absolute Gasteiger partial charge is 0.393 e. The number of halogens is 6. The molecule has 3 atom stereocenters. The molecular formula is C57H63ClF5N15O12. The van der Waals surface area contributed by atoms with Crippen LogP contribution in [0.3, 0.4) is 0 Å². The Kier molecular flexibility index (Phi) is 19.1. The predicted molar refractivity (Wildman–Crippen MR) is 307 cm³/mol. The van der Waals surface area contributed by atoms with Crippen LogP contribution in [0.1, 0.15) is 83.3 Å². The van der Waals surface area contributed by atoms with Gasteiger partial charge in [-0.2, -0.15) is 28.5 Å². The normalized spacial score (nSPS) is 18.9. The summed E-state index contributed by atoms with van der Waals surface area (Å²) < 4.78 is 70.7. The fourth-order valence-corrected chi connectivity index (χ4v) is 11.2. The van der Waals surface area contributed by atoms with E-state index in [4.69, 9.17) is 26.1 Å². The van der Waals surface area contributed by atoms with E-state index in [1.807, 2.05) is 24.3 Å². The topological polar surface area (TPSA) is 300 Å². The van der Waals surface area contributed by atoms with Crippen molar-refractivity contribution in [1.82, 2.24) is 59.2 Å². The summed E-state index contributed by atoms with van der Waals surface area (Å²) in [6.07, 6.45) is -4.10. The number of aryl methyl sites for hydroxylation is 1. The number of fused-ring (bicyclic) bond motifs is 9. The number of nitrogens with one attached hydrogen (secondary N) is 3. The van der Waals surface area contributed by atoms with Crippen molar-refractivity contribution in [3.05, 3.63) is 139 Å². The van der Waals surface area contributed by atoms with Crippen molar-refractivity contribution in [2.75, 3.05) is 76.5 Å². The van der Waals surface area contributed by atoms with Gasteiger partial charge in [0.2, 0.25) is 0 Å². The third kappa shape index (κ3) is 13.5. The van der Waals surface area contributed by atoms with E-state index in [1.54, 1.807) is 9.58 Å². The summed E-state index contributed by atoms with van der Waals surface area (Å²) in [5.74, 6) is -3.22. The lowest BCUT2D eigenvalue weighted by Crippen LogP contribution is -2.40. The van der Waals surface area contributed by atoms with E-state index in [2.05, 4.69) is 38.2 Å². The Morgan fingerprint density at radius 3 is 1.37 bits per heavy atom. The number of alkyl halides is 3. The van der Waals surface area contributed by atoms with Crippen LogP contribution < -0.4 is 16.0 Å². The zero-order valence-electron chi connectivity index (χ0n) is 49.0. The number of nitrogens with zero attached hydrogens (tertiary/aromatic N) is 12. The summed E-state index contributed by atoms with van der Waals surface area (Å²) in [6, 6.07) is 12.8. The van der Waals surface area contributed by atoms with Gasteiger partial charge in [0, 0.05) is 88.1 Å². The minimum absolute atomic E-state index is 0.0226. The minimum atomic E-state index is -4.52. The molecule has 0 bridgehead atoms. The van der Waals surface area contributed by atoms with Crippen LogP contribution in [0.25, 0.3) is 0 Å². The van der Waals surface area contributed by atoms with Gasteiger partial charge < -0.3 is 46.0 Å². The fourth-order valence-electron chi connectivity index (χ4n) is 11.0. The number of aliphatic hydroxyl groups excluding tert-OH is 3. The fraction of sp³-hybridized carbons (Fsp3) is 0.421. The number of benzene rings is 3. The molecule has 33 heteroatoms. The second-order valence-electron chi connectivity index (χ2n) is 21.7. The first-order chi connectivity index (χ1) is 43.0. The molecule has 0 radical (unpaired) electrons. The van der Waals surface area contributed by atoms with Crippen molar-refractivity contribution in [1.29, 1.82) is 0 Å². The number of rotatable bonds is 7. The van der Waals surface area contributed by atoms with E-state index >= 15 is 0 Å². The third-order valence-electron chi connectivity index (χ3n) is 15.6. The number of hydrogen-bond acceptors (Lipinski definition) is 15. The summed E-state index contributed by atoms with van der Waals surface area (Å²) in [5.41, 5.74) is 5.80. The minimum Gasteiger partial charge on any atom is -0.393 e. The second-order valence-corrected chi connectivity index (χ2v) is 22.0. The molecular weight excluding hydrogens is 1220 g/mol. The summed E-state index contributed by atoms with van der Waals surface area (Å²) in [4.78, 5) is 97.2. The zero-order valence-corrected chi connectivity index (χ0v) is 49.7. The largest absolute Gasteiger partial charge is 0.416 e. The van der Waals surface area contributed by atoms with E-state index in [9.17, 15) is 66.0 Å². The summed E-state index contributed by atoms with van der Waals surface area (Å²) >= 11 is 5.55. The highest BCUT2D eigenvalue weighted by Gasteiger charge is 2.39. The van der Waals surface area contributed by atoms with Crippen molar-refractivity contribution in [2.24, 2.45) is 0 Å². The number of amides is 9. The number of hydroxylamine groups is 6. The number of urea groups is 3. The Morgan fingerprint density at radius 1 is 0.589 bits per heavy atom. The Hall–Kier alpha value is -8.79. The summed E-state index contributed by atoms with van der Waals surface area (Å²) in [5, 5.41) is 52.1. The van der Waals surface area contributed by atoms with E-state index < -0.39 is 70.6 Å². The lowest BCUT2D eigenvalue weighted by molar-refractivity contribution is -0.159. The van der Waals surface area contributed by atoms with Gasteiger partial charge in [-0.25, -0.2) is 38.4 Å². The molecule has 0 saturated carbocycles. The van der Waals surface area contributed by atoms with Crippen LogP contribution in [0.4, 0.5) is 53.4 Å². The van der Waals surface area contributed by atoms with Gasteiger partial charge in [0.25, 0.3) is 17.7 Å². The quantitative estimate of drug-likeness (QED) is 0.0899. The number of carbonyl (C=O) groups is 6. The molecule has 6 aliphatic rings. The van der Waals surface area contributed by atoms with Crippen LogP contribution in [-0.2, 0) is 85.6 Å². The van der Waals surface area contributed by atoms with E-state index in [0.29, 0.717) is 60.6 Å². The maximum atomic E-state index is 14.1. The maximum absolute atomic E-state index is 14.1. The average Bonchev–Trinajstić information content (AvgIpc) is 1.64. The molecule has 3 aromatic heterocycles. The van der Waals surface area contributed by atoms with Crippen molar-refractivity contribution in [3.8, 4) is 0 Å². The molecule has 0 spiro atoms. The highest BCUT2D eigenvalue weighted by atomic mass is 35.5. The molecule has 0 fully saturated rings. The molecule has 9 amide bonds.